The number of anilines is 1. The zero-order valence-electron chi connectivity index (χ0n) is 20.7. The Labute approximate surface area is 225 Å². The Bertz CT molecular complexity index is 1460. The number of carbonyl (C=O) groups is 3. The number of rotatable bonds is 9. The van der Waals surface area contributed by atoms with Gasteiger partial charge in [-0.05, 0) is 72.6 Å². The molecular weight excluding hydrogens is 532 g/mol. The van der Waals surface area contributed by atoms with Gasteiger partial charge in [0.05, 0.1) is 24.1 Å². The lowest BCUT2D eigenvalue weighted by atomic mass is 10.1. The Morgan fingerprint density at radius 2 is 1.68 bits per heavy atom. The summed E-state index contributed by atoms with van der Waals surface area (Å²) in [6, 6.07) is 17.4. The van der Waals surface area contributed by atoms with Crippen LogP contribution >= 0.6 is 11.6 Å². The monoisotopic (exact) mass is 556 g/mol. The van der Waals surface area contributed by atoms with E-state index in [-0.39, 0.29) is 35.7 Å². The van der Waals surface area contributed by atoms with Crippen LogP contribution in [0.4, 0.5) is 5.69 Å². The molecule has 0 radical (unpaired) electrons. The summed E-state index contributed by atoms with van der Waals surface area (Å²) in [5, 5.41) is 0.502. The smallest absolute Gasteiger partial charge is 0.308 e. The van der Waals surface area contributed by atoms with Gasteiger partial charge in [-0.1, -0.05) is 23.7 Å². The summed E-state index contributed by atoms with van der Waals surface area (Å²) >= 11 is 6.09. The number of carbonyl (C=O) groups excluding carboxylic acids is 3. The highest BCUT2D eigenvalue weighted by Crippen LogP contribution is 2.31. The van der Waals surface area contributed by atoms with Crippen LogP contribution in [0, 0.1) is 0 Å². The van der Waals surface area contributed by atoms with Gasteiger partial charge in [-0.25, -0.2) is 13.3 Å². The zero-order chi connectivity index (χ0) is 27.4. The molecule has 2 amide bonds. The van der Waals surface area contributed by atoms with Crippen LogP contribution in [0.5, 0.6) is 11.5 Å². The first-order valence-corrected chi connectivity index (χ1v) is 13.5. The van der Waals surface area contributed by atoms with Crippen molar-refractivity contribution in [3.05, 3.63) is 83.4 Å². The lowest BCUT2D eigenvalue weighted by molar-refractivity contribution is -0.132. The maximum Gasteiger partial charge on any atom is 0.308 e. The second-order valence-corrected chi connectivity index (χ2v) is 10.9. The second kappa shape index (κ2) is 11.3. The quantitative estimate of drug-likeness (QED) is 0.224. The molecule has 0 aliphatic carbocycles. The molecule has 1 fully saturated rings. The number of methoxy groups -OCH3 is 1. The zero-order valence-corrected chi connectivity index (χ0v) is 22.2. The predicted molar refractivity (Wildman–Crippen MR) is 141 cm³/mol. The maximum atomic E-state index is 13.8. The third kappa shape index (κ3) is 5.88. The van der Waals surface area contributed by atoms with E-state index in [9.17, 15) is 22.8 Å². The first kappa shape index (κ1) is 27.3. The number of halogens is 1. The van der Waals surface area contributed by atoms with Crippen molar-refractivity contribution in [1.82, 2.24) is 4.31 Å². The van der Waals surface area contributed by atoms with E-state index in [0.29, 0.717) is 10.8 Å². The van der Waals surface area contributed by atoms with Gasteiger partial charge < -0.3 is 9.47 Å². The normalized spacial score (nSPS) is 15.7. The van der Waals surface area contributed by atoms with Crippen LogP contribution < -0.4 is 14.4 Å². The van der Waals surface area contributed by atoms with Crippen molar-refractivity contribution in [2.24, 2.45) is 0 Å². The number of esters is 1. The van der Waals surface area contributed by atoms with Gasteiger partial charge in [0.2, 0.25) is 15.9 Å². The van der Waals surface area contributed by atoms with Crippen LogP contribution in [-0.2, 0) is 30.8 Å². The van der Waals surface area contributed by atoms with Crippen LogP contribution in [0.2, 0.25) is 5.02 Å². The predicted octanol–water partition coefficient (Wildman–Crippen LogP) is 3.84. The van der Waals surface area contributed by atoms with Crippen LogP contribution in [0.3, 0.4) is 0 Å². The minimum atomic E-state index is -4.18. The number of imide groups is 1. The van der Waals surface area contributed by atoms with Crippen molar-refractivity contribution in [2.45, 2.75) is 30.7 Å². The molecule has 1 unspecified atom stereocenters. The van der Waals surface area contributed by atoms with Crippen molar-refractivity contribution in [1.29, 1.82) is 0 Å². The van der Waals surface area contributed by atoms with Gasteiger partial charge in [0, 0.05) is 18.5 Å². The number of amides is 2. The fraction of sp³-hybridized carbons (Fsp3) is 0.222. The van der Waals surface area contributed by atoms with Crippen molar-refractivity contribution in [3.8, 4) is 11.5 Å². The first-order valence-electron chi connectivity index (χ1n) is 11.7. The molecule has 3 aromatic carbocycles. The summed E-state index contributed by atoms with van der Waals surface area (Å²) in [7, 11) is -2.72. The molecule has 4 rings (SSSR count). The van der Waals surface area contributed by atoms with E-state index in [1.54, 1.807) is 18.2 Å². The van der Waals surface area contributed by atoms with E-state index in [2.05, 4.69) is 0 Å². The molecule has 1 atom stereocenters. The van der Waals surface area contributed by atoms with Gasteiger partial charge in [-0.15, -0.1) is 0 Å². The molecule has 1 aliphatic rings. The Kier molecular flexibility index (Phi) is 8.15. The van der Waals surface area contributed by atoms with Crippen molar-refractivity contribution < 1.29 is 32.3 Å². The summed E-state index contributed by atoms with van der Waals surface area (Å²) in [5.41, 5.74) is 1.03. The average Bonchev–Trinajstić information content (AvgIpc) is 3.17. The SMILES string of the molecule is COc1ccc(S(=O)(=O)N(CCc2cccc(Cl)c2)C2CC(=O)N(c3ccc(OC(C)=O)cc3)C2=O)cc1. The minimum Gasteiger partial charge on any atom is -0.497 e. The average molecular weight is 557 g/mol. The van der Waals surface area contributed by atoms with Gasteiger partial charge in [-0.2, -0.15) is 4.31 Å². The second-order valence-electron chi connectivity index (χ2n) is 8.55. The van der Waals surface area contributed by atoms with Crippen LogP contribution in [0.15, 0.2) is 77.7 Å². The van der Waals surface area contributed by atoms with E-state index >= 15 is 0 Å². The third-order valence-electron chi connectivity index (χ3n) is 6.00. The Morgan fingerprint density at radius 1 is 1.03 bits per heavy atom. The third-order valence-corrected chi connectivity index (χ3v) is 8.16. The van der Waals surface area contributed by atoms with E-state index in [1.807, 2.05) is 6.07 Å². The van der Waals surface area contributed by atoms with Crippen molar-refractivity contribution in [3.63, 3.8) is 0 Å². The van der Waals surface area contributed by atoms with Gasteiger partial charge in [-0.3, -0.25) is 14.4 Å². The summed E-state index contributed by atoms with van der Waals surface area (Å²) in [4.78, 5) is 38.6. The van der Waals surface area contributed by atoms with Crippen LogP contribution in [0.25, 0.3) is 0 Å². The van der Waals surface area contributed by atoms with Crippen molar-refractivity contribution in [2.75, 3.05) is 18.6 Å². The molecule has 1 heterocycles. The summed E-state index contributed by atoms with van der Waals surface area (Å²) in [5.74, 6) is -0.992. The van der Waals surface area contributed by atoms with Crippen LogP contribution in [-0.4, -0.2) is 50.2 Å². The number of nitrogens with zero attached hydrogens (tertiary/aromatic N) is 2. The van der Waals surface area contributed by atoms with E-state index < -0.39 is 33.8 Å². The molecule has 3 aromatic rings. The first-order chi connectivity index (χ1) is 18.1. The highest BCUT2D eigenvalue weighted by Gasteiger charge is 2.46. The molecule has 1 aliphatic heterocycles. The highest BCUT2D eigenvalue weighted by molar-refractivity contribution is 7.89. The Hall–Kier alpha value is -3.73. The number of sulfonamides is 1. The Balaban J connectivity index is 1.66. The molecule has 1 saturated heterocycles. The molecule has 38 heavy (non-hydrogen) atoms. The van der Waals surface area contributed by atoms with Crippen molar-refractivity contribution >= 4 is 45.1 Å². The summed E-state index contributed by atoms with van der Waals surface area (Å²) in [6.07, 6.45) is -0.0551. The standard InChI is InChI=1S/C27H25ClN2O7S/c1-18(31)37-23-8-6-21(7-9-23)30-26(32)17-25(27(30)33)29(15-14-19-4-3-5-20(28)16-19)38(34,35)24-12-10-22(36-2)11-13-24/h3-13,16,25H,14-15,17H2,1-2H3. The fourth-order valence-electron chi connectivity index (χ4n) is 4.20. The molecule has 9 nitrogen and oxygen atoms in total. The number of ether oxygens (including phenoxy) is 2. The molecule has 11 heteroatoms. The van der Waals surface area contributed by atoms with Gasteiger partial charge in [0.15, 0.2) is 0 Å². The number of hydrogen-bond acceptors (Lipinski definition) is 7. The van der Waals surface area contributed by atoms with E-state index in [1.165, 1.54) is 62.6 Å². The molecule has 0 N–H and O–H groups in total. The molecule has 198 valence electrons. The van der Waals surface area contributed by atoms with Gasteiger partial charge >= 0.3 is 5.97 Å². The van der Waals surface area contributed by atoms with Gasteiger partial charge in [0.25, 0.3) is 5.91 Å². The molecule has 0 aromatic heterocycles. The number of benzene rings is 3. The lowest BCUT2D eigenvalue weighted by Crippen LogP contribution is -2.46. The largest absolute Gasteiger partial charge is 0.497 e. The lowest BCUT2D eigenvalue weighted by Gasteiger charge is -2.27. The van der Waals surface area contributed by atoms with Gasteiger partial charge in [0.1, 0.15) is 17.5 Å². The highest BCUT2D eigenvalue weighted by atomic mass is 35.5. The van der Waals surface area contributed by atoms with E-state index in [0.717, 1.165) is 14.8 Å². The maximum absolute atomic E-state index is 13.8. The fourth-order valence-corrected chi connectivity index (χ4v) is 5.99. The molecule has 0 bridgehead atoms. The molecular formula is C27H25ClN2O7S. The minimum absolute atomic E-state index is 0.0335. The number of hydrogen-bond donors (Lipinski definition) is 0. The summed E-state index contributed by atoms with van der Waals surface area (Å²) in [6.45, 7) is 1.20. The Morgan fingerprint density at radius 3 is 2.29 bits per heavy atom. The molecule has 0 saturated carbocycles. The summed E-state index contributed by atoms with van der Waals surface area (Å²) < 4.78 is 38.8. The van der Waals surface area contributed by atoms with E-state index in [4.69, 9.17) is 21.1 Å². The molecule has 0 spiro atoms. The topological polar surface area (TPSA) is 110 Å². The van der Waals surface area contributed by atoms with Crippen LogP contribution in [0.1, 0.15) is 18.9 Å².